The van der Waals surface area contributed by atoms with Gasteiger partial charge in [0.15, 0.2) is 0 Å². The second-order valence-corrected chi connectivity index (χ2v) is 6.97. The molecule has 0 aliphatic carbocycles. The summed E-state index contributed by atoms with van der Waals surface area (Å²) in [7, 11) is 0. The van der Waals surface area contributed by atoms with Gasteiger partial charge in [-0.1, -0.05) is 47.6 Å². The first-order chi connectivity index (χ1) is 13.5. The molecule has 1 unspecified atom stereocenters. The Balaban J connectivity index is 1.45. The van der Waals surface area contributed by atoms with Crippen LogP contribution in [0.2, 0.25) is 0 Å². The highest BCUT2D eigenvalue weighted by molar-refractivity contribution is 5.76. The van der Waals surface area contributed by atoms with E-state index in [0.29, 0.717) is 29.3 Å². The van der Waals surface area contributed by atoms with E-state index in [0.717, 1.165) is 12.8 Å². The molecule has 0 spiro atoms. The van der Waals surface area contributed by atoms with Gasteiger partial charge < -0.3 is 9.84 Å². The maximum absolute atomic E-state index is 13.7. The Morgan fingerprint density at radius 2 is 1.96 bits per heavy atom. The van der Waals surface area contributed by atoms with Crippen LogP contribution in [0.25, 0.3) is 11.4 Å². The Kier molecular flexibility index (Phi) is 6.53. The molecular weight excluding hydrogens is 357 g/mol. The van der Waals surface area contributed by atoms with Crippen LogP contribution in [0.5, 0.6) is 0 Å². The number of carbonyl (C=O) groups excluding carboxylic acids is 1. The van der Waals surface area contributed by atoms with Gasteiger partial charge >= 0.3 is 0 Å². The first-order valence-electron chi connectivity index (χ1n) is 9.43. The number of hydrogen-bond acceptors (Lipinski definition) is 4. The largest absolute Gasteiger partial charge is 0.354 e. The van der Waals surface area contributed by atoms with E-state index in [1.165, 1.54) is 11.6 Å². The Morgan fingerprint density at radius 1 is 1.18 bits per heavy atom. The lowest BCUT2D eigenvalue weighted by Crippen LogP contribution is -2.33. The van der Waals surface area contributed by atoms with E-state index in [2.05, 4.69) is 27.6 Å². The summed E-state index contributed by atoms with van der Waals surface area (Å²) in [4.78, 5) is 16.4. The van der Waals surface area contributed by atoms with Crippen molar-refractivity contribution < 1.29 is 13.7 Å². The molecule has 1 aromatic heterocycles. The van der Waals surface area contributed by atoms with Gasteiger partial charge in [0.1, 0.15) is 5.82 Å². The van der Waals surface area contributed by atoms with Crippen LogP contribution in [-0.4, -0.2) is 22.1 Å². The molecule has 1 N–H and O–H groups in total. The predicted molar refractivity (Wildman–Crippen MR) is 105 cm³/mol. The van der Waals surface area contributed by atoms with Gasteiger partial charge in [-0.3, -0.25) is 4.79 Å². The highest BCUT2D eigenvalue weighted by atomic mass is 19.1. The lowest BCUT2D eigenvalue weighted by atomic mass is 10.1. The van der Waals surface area contributed by atoms with Crippen molar-refractivity contribution in [1.29, 1.82) is 0 Å². The minimum Gasteiger partial charge on any atom is -0.354 e. The molecule has 0 saturated carbocycles. The summed E-state index contributed by atoms with van der Waals surface area (Å²) in [6.45, 7) is 3.69. The quantitative estimate of drug-likeness (QED) is 0.633. The van der Waals surface area contributed by atoms with Gasteiger partial charge in [0.05, 0.1) is 0 Å². The van der Waals surface area contributed by atoms with Crippen LogP contribution in [0.4, 0.5) is 4.39 Å². The van der Waals surface area contributed by atoms with E-state index in [4.69, 9.17) is 4.52 Å². The fourth-order valence-corrected chi connectivity index (χ4v) is 2.87. The predicted octanol–water partition coefficient (Wildman–Crippen LogP) is 4.25. The van der Waals surface area contributed by atoms with Crippen LogP contribution >= 0.6 is 0 Å². The van der Waals surface area contributed by atoms with Crippen molar-refractivity contribution in [3.8, 4) is 11.4 Å². The van der Waals surface area contributed by atoms with E-state index in [-0.39, 0.29) is 24.2 Å². The van der Waals surface area contributed by atoms with Crippen molar-refractivity contribution >= 4 is 5.91 Å². The number of aryl methyl sites for hydroxylation is 3. The Morgan fingerprint density at radius 3 is 2.71 bits per heavy atom. The zero-order valence-corrected chi connectivity index (χ0v) is 16.1. The Hall–Kier alpha value is -3.02. The number of benzene rings is 2. The van der Waals surface area contributed by atoms with E-state index >= 15 is 0 Å². The minimum absolute atomic E-state index is 0.0540. The first kappa shape index (κ1) is 19.7. The lowest BCUT2D eigenvalue weighted by Gasteiger charge is -2.13. The molecule has 1 heterocycles. The van der Waals surface area contributed by atoms with E-state index in [1.807, 2.05) is 25.1 Å². The molecule has 6 heteroatoms. The van der Waals surface area contributed by atoms with Crippen molar-refractivity contribution in [3.63, 3.8) is 0 Å². The molecule has 0 bridgehead atoms. The normalized spacial score (nSPS) is 12.0. The van der Waals surface area contributed by atoms with Crippen LogP contribution in [-0.2, 0) is 17.6 Å². The second kappa shape index (κ2) is 9.26. The third kappa shape index (κ3) is 5.49. The average molecular weight is 381 g/mol. The highest BCUT2D eigenvalue weighted by Crippen LogP contribution is 2.19. The van der Waals surface area contributed by atoms with Crippen LogP contribution < -0.4 is 5.32 Å². The number of hydrogen-bond donors (Lipinski definition) is 1. The number of rotatable bonds is 8. The van der Waals surface area contributed by atoms with Gasteiger partial charge in [-0.25, -0.2) is 4.39 Å². The molecule has 146 valence electrons. The highest BCUT2D eigenvalue weighted by Gasteiger charge is 2.13. The fraction of sp³-hybridized carbons (Fsp3) is 0.318. The van der Waals surface area contributed by atoms with Gasteiger partial charge in [0.25, 0.3) is 0 Å². The SMILES string of the molecule is Cc1ccc(-c2noc(CCC(=O)NC(C)CCc3ccccc3)n2)cc1F. The van der Waals surface area contributed by atoms with Crippen molar-refractivity contribution in [3.05, 3.63) is 71.4 Å². The second-order valence-electron chi connectivity index (χ2n) is 6.97. The molecule has 1 amide bonds. The third-order valence-corrected chi connectivity index (χ3v) is 4.58. The number of aromatic nitrogens is 2. The monoisotopic (exact) mass is 381 g/mol. The zero-order valence-electron chi connectivity index (χ0n) is 16.1. The smallest absolute Gasteiger partial charge is 0.227 e. The van der Waals surface area contributed by atoms with Crippen LogP contribution in [0.15, 0.2) is 53.1 Å². The van der Waals surface area contributed by atoms with Gasteiger partial charge in [0, 0.05) is 24.4 Å². The molecule has 0 aliphatic rings. The maximum atomic E-state index is 13.7. The maximum Gasteiger partial charge on any atom is 0.227 e. The van der Waals surface area contributed by atoms with E-state index in [1.54, 1.807) is 19.1 Å². The van der Waals surface area contributed by atoms with Crippen molar-refractivity contribution in [2.45, 2.75) is 45.6 Å². The zero-order chi connectivity index (χ0) is 19.9. The van der Waals surface area contributed by atoms with Gasteiger partial charge in [-0.05, 0) is 43.9 Å². The lowest BCUT2D eigenvalue weighted by molar-refractivity contribution is -0.121. The van der Waals surface area contributed by atoms with E-state index < -0.39 is 0 Å². The van der Waals surface area contributed by atoms with E-state index in [9.17, 15) is 9.18 Å². The molecule has 0 aliphatic heterocycles. The number of nitrogens with zero attached hydrogens (tertiary/aromatic N) is 2. The molecule has 28 heavy (non-hydrogen) atoms. The summed E-state index contributed by atoms with van der Waals surface area (Å²) < 4.78 is 18.9. The summed E-state index contributed by atoms with van der Waals surface area (Å²) in [5.41, 5.74) is 2.37. The summed E-state index contributed by atoms with van der Waals surface area (Å²) >= 11 is 0. The van der Waals surface area contributed by atoms with Crippen LogP contribution in [0.1, 0.15) is 36.8 Å². The molecule has 3 rings (SSSR count). The molecule has 2 aromatic carbocycles. The standard InChI is InChI=1S/C22H24FN3O2/c1-15-8-11-18(14-19(15)23)22-25-21(28-26-22)13-12-20(27)24-16(2)9-10-17-6-4-3-5-7-17/h3-8,11,14,16H,9-10,12-13H2,1-2H3,(H,24,27). The number of nitrogens with one attached hydrogen (secondary N) is 1. The van der Waals surface area contributed by atoms with Gasteiger partial charge in [-0.15, -0.1) is 0 Å². The molecule has 5 nitrogen and oxygen atoms in total. The molecule has 0 radical (unpaired) electrons. The minimum atomic E-state index is -0.312. The van der Waals surface area contributed by atoms with Gasteiger partial charge in [0.2, 0.25) is 17.6 Å². The number of carbonyl (C=O) groups is 1. The summed E-state index contributed by atoms with van der Waals surface area (Å²) in [6.07, 6.45) is 2.40. The topological polar surface area (TPSA) is 68.0 Å². The summed E-state index contributed by atoms with van der Waals surface area (Å²) in [6, 6.07) is 15.1. The number of halogens is 1. The van der Waals surface area contributed by atoms with Crippen LogP contribution in [0.3, 0.4) is 0 Å². The summed E-state index contributed by atoms with van der Waals surface area (Å²) in [5, 5.41) is 6.87. The first-order valence-corrected chi connectivity index (χ1v) is 9.43. The van der Waals surface area contributed by atoms with Crippen molar-refractivity contribution in [1.82, 2.24) is 15.5 Å². The Bertz CT molecular complexity index is 925. The van der Waals surface area contributed by atoms with Crippen molar-refractivity contribution in [2.24, 2.45) is 0 Å². The molecule has 0 saturated heterocycles. The van der Waals surface area contributed by atoms with Crippen molar-refractivity contribution in [2.75, 3.05) is 0 Å². The molecule has 3 aromatic rings. The number of amides is 1. The fourth-order valence-electron chi connectivity index (χ4n) is 2.87. The Labute approximate surface area is 164 Å². The molecule has 1 atom stereocenters. The van der Waals surface area contributed by atoms with Crippen LogP contribution in [0, 0.1) is 12.7 Å². The third-order valence-electron chi connectivity index (χ3n) is 4.58. The van der Waals surface area contributed by atoms with Gasteiger partial charge in [-0.2, -0.15) is 4.98 Å². The molecule has 0 fully saturated rings. The average Bonchev–Trinajstić information content (AvgIpc) is 3.17. The molecular formula is C22H24FN3O2. The summed E-state index contributed by atoms with van der Waals surface area (Å²) in [5.74, 6) is 0.322.